The van der Waals surface area contributed by atoms with Crippen molar-refractivity contribution >= 4 is 34.8 Å². The van der Waals surface area contributed by atoms with Crippen molar-refractivity contribution in [2.45, 2.75) is 38.3 Å². The molecule has 3 amide bonds. The van der Waals surface area contributed by atoms with Gasteiger partial charge in [0.15, 0.2) is 0 Å². The SMILES string of the molecule is Cc1cccc2c1NC(=O)C21C2C(=O)N(c3cccc([N+](=O)[O-])c3C)C(=O)C2C2CCCN21. The number of imide groups is 1. The highest BCUT2D eigenvalue weighted by molar-refractivity contribution is 6.26. The van der Waals surface area contributed by atoms with Gasteiger partial charge in [0.2, 0.25) is 17.7 Å². The first kappa shape index (κ1) is 20.0. The Morgan fingerprint density at radius 2 is 1.85 bits per heavy atom. The van der Waals surface area contributed by atoms with Crippen LogP contribution in [0.15, 0.2) is 36.4 Å². The largest absolute Gasteiger partial charge is 0.324 e. The number of anilines is 2. The topological polar surface area (TPSA) is 113 Å². The van der Waals surface area contributed by atoms with E-state index >= 15 is 0 Å². The Kier molecular flexibility index (Phi) is 3.93. The molecule has 9 heteroatoms. The zero-order chi connectivity index (χ0) is 23.2. The predicted molar refractivity (Wildman–Crippen MR) is 119 cm³/mol. The van der Waals surface area contributed by atoms with E-state index in [-0.39, 0.29) is 34.8 Å². The lowest BCUT2D eigenvalue weighted by molar-refractivity contribution is -0.385. The Morgan fingerprint density at radius 1 is 1.09 bits per heavy atom. The number of hydrogen-bond donors (Lipinski definition) is 1. The minimum absolute atomic E-state index is 0.151. The zero-order valence-corrected chi connectivity index (χ0v) is 18.2. The lowest BCUT2D eigenvalue weighted by Crippen LogP contribution is -2.54. The van der Waals surface area contributed by atoms with Crippen molar-refractivity contribution in [1.29, 1.82) is 0 Å². The molecule has 0 aliphatic carbocycles. The second-order valence-corrected chi connectivity index (χ2v) is 9.31. The van der Waals surface area contributed by atoms with Gasteiger partial charge in [-0.05, 0) is 44.9 Å². The molecule has 4 aliphatic heterocycles. The summed E-state index contributed by atoms with van der Waals surface area (Å²) in [6.45, 7) is 4.09. The average molecular weight is 446 g/mol. The molecule has 0 aromatic heterocycles. The summed E-state index contributed by atoms with van der Waals surface area (Å²) in [5.41, 5.74) is 1.43. The standard InChI is InChI=1S/C24H22N4O5/c1-12-6-3-7-14-20(12)25-23(31)24(14)19-18(17-10-5-11-26(17)24)21(29)27(22(19)30)15-8-4-9-16(13(15)2)28(32)33/h3-4,6-9,17-19H,5,10-11H2,1-2H3,(H,25,31). The Labute approximate surface area is 189 Å². The molecule has 4 unspecified atom stereocenters. The van der Waals surface area contributed by atoms with Crippen LogP contribution in [0, 0.1) is 35.8 Å². The maximum absolute atomic E-state index is 14.0. The average Bonchev–Trinajstić information content (AvgIpc) is 3.48. The highest BCUT2D eigenvalue weighted by Gasteiger charge is 2.74. The Hall–Kier alpha value is -3.59. The van der Waals surface area contributed by atoms with Crippen molar-refractivity contribution < 1.29 is 19.3 Å². The van der Waals surface area contributed by atoms with E-state index in [0.717, 1.165) is 28.9 Å². The highest BCUT2D eigenvalue weighted by Crippen LogP contribution is 2.61. The van der Waals surface area contributed by atoms with Crippen LogP contribution in [-0.2, 0) is 19.9 Å². The van der Waals surface area contributed by atoms with Crippen LogP contribution in [0.4, 0.5) is 17.1 Å². The van der Waals surface area contributed by atoms with Crippen LogP contribution >= 0.6 is 0 Å². The van der Waals surface area contributed by atoms with Gasteiger partial charge in [-0.2, -0.15) is 0 Å². The monoisotopic (exact) mass is 446 g/mol. The molecule has 9 nitrogen and oxygen atoms in total. The summed E-state index contributed by atoms with van der Waals surface area (Å²) in [6.07, 6.45) is 1.56. The molecule has 6 rings (SSSR count). The van der Waals surface area contributed by atoms with E-state index in [1.165, 1.54) is 12.1 Å². The van der Waals surface area contributed by atoms with E-state index < -0.39 is 28.2 Å². The molecule has 0 bridgehead atoms. The lowest BCUT2D eigenvalue weighted by atomic mass is 9.75. The third-order valence-corrected chi connectivity index (χ3v) is 7.95. The number of carbonyl (C=O) groups excluding carboxylic acids is 3. The number of nitro groups is 1. The van der Waals surface area contributed by atoms with Crippen LogP contribution in [0.2, 0.25) is 0 Å². The van der Waals surface area contributed by atoms with Crippen molar-refractivity contribution in [2.24, 2.45) is 11.8 Å². The van der Waals surface area contributed by atoms with Gasteiger partial charge in [0.05, 0.1) is 28.0 Å². The third kappa shape index (κ3) is 2.22. The number of hydrogen-bond acceptors (Lipinski definition) is 6. The Bertz CT molecular complexity index is 1290. The molecular weight excluding hydrogens is 424 g/mol. The van der Waals surface area contributed by atoms with Gasteiger partial charge in [-0.1, -0.05) is 24.3 Å². The number of nitrogens with zero attached hydrogens (tertiary/aromatic N) is 3. The van der Waals surface area contributed by atoms with Crippen molar-refractivity contribution in [2.75, 3.05) is 16.8 Å². The number of aryl methyl sites for hydroxylation is 1. The number of amides is 3. The number of rotatable bonds is 2. The van der Waals surface area contributed by atoms with Crippen LogP contribution in [-0.4, -0.2) is 40.1 Å². The number of carbonyl (C=O) groups is 3. The molecule has 1 N–H and O–H groups in total. The second-order valence-electron chi connectivity index (χ2n) is 9.31. The van der Waals surface area contributed by atoms with Gasteiger partial charge in [-0.25, -0.2) is 4.90 Å². The fourth-order valence-electron chi connectivity index (χ4n) is 6.67. The highest BCUT2D eigenvalue weighted by atomic mass is 16.6. The molecule has 4 aliphatic rings. The fraction of sp³-hybridized carbons (Fsp3) is 0.375. The van der Waals surface area contributed by atoms with E-state index in [0.29, 0.717) is 12.2 Å². The summed E-state index contributed by atoms with van der Waals surface area (Å²) in [5.74, 6) is -2.67. The summed E-state index contributed by atoms with van der Waals surface area (Å²) in [5, 5.41) is 14.5. The van der Waals surface area contributed by atoms with Gasteiger partial charge >= 0.3 is 0 Å². The van der Waals surface area contributed by atoms with Crippen LogP contribution in [0.5, 0.6) is 0 Å². The summed E-state index contributed by atoms with van der Waals surface area (Å²) < 4.78 is 0. The molecule has 168 valence electrons. The number of fused-ring (bicyclic) bond motifs is 7. The van der Waals surface area contributed by atoms with E-state index in [2.05, 4.69) is 10.2 Å². The van der Waals surface area contributed by atoms with Crippen molar-refractivity contribution in [3.63, 3.8) is 0 Å². The van der Waals surface area contributed by atoms with Gasteiger partial charge in [-0.3, -0.25) is 29.4 Å². The number of para-hydroxylation sites is 1. The summed E-state index contributed by atoms with van der Waals surface area (Å²) >= 11 is 0. The van der Waals surface area contributed by atoms with Crippen LogP contribution < -0.4 is 10.2 Å². The van der Waals surface area contributed by atoms with Crippen LogP contribution in [0.25, 0.3) is 0 Å². The molecule has 0 radical (unpaired) electrons. The maximum Gasteiger partial charge on any atom is 0.274 e. The first-order valence-electron chi connectivity index (χ1n) is 11.1. The molecule has 1 spiro atoms. The zero-order valence-electron chi connectivity index (χ0n) is 18.2. The van der Waals surface area contributed by atoms with Gasteiger partial charge in [0.25, 0.3) is 5.69 Å². The molecule has 4 atom stereocenters. The fourth-order valence-corrected chi connectivity index (χ4v) is 6.67. The normalized spacial score (nSPS) is 30.1. The van der Waals surface area contributed by atoms with Gasteiger partial charge in [-0.15, -0.1) is 0 Å². The molecular formula is C24H22N4O5. The van der Waals surface area contributed by atoms with Gasteiger partial charge < -0.3 is 5.32 Å². The van der Waals surface area contributed by atoms with Crippen molar-refractivity contribution in [3.8, 4) is 0 Å². The molecule has 2 aromatic carbocycles. The van der Waals surface area contributed by atoms with E-state index in [1.54, 1.807) is 13.0 Å². The molecule has 3 saturated heterocycles. The first-order chi connectivity index (χ1) is 15.8. The van der Waals surface area contributed by atoms with Gasteiger partial charge in [0, 0.05) is 23.4 Å². The first-order valence-corrected chi connectivity index (χ1v) is 11.1. The van der Waals surface area contributed by atoms with E-state index in [4.69, 9.17) is 0 Å². The number of benzene rings is 2. The minimum atomic E-state index is -1.25. The molecule has 33 heavy (non-hydrogen) atoms. The Balaban J connectivity index is 1.56. The summed E-state index contributed by atoms with van der Waals surface area (Å²) in [7, 11) is 0. The maximum atomic E-state index is 14.0. The van der Waals surface area contributed by atoms with Crippen LogP contribution in [0.3, 0.4) is 0 Å². The third-order valence-electron chi connectivity index (χ3n) is 7.95. The molecule has 3 fully saturated rings. The van der Waals surface area contributed by atoms with Crippen molar-refractivity contribution in [1.82, 2.24) is 4.90 Å². The lowest BCUT2D eigenvalue weighted by Gasteiger charge is -2.36. The van der Waals surface area contributed by atoms with E-state index in [9.17, 15) is 24.5 Å². The van der Waals surface area contributed by atoms with E-state index in [1.807, 2.05) is 25.1 Å². The van der Waals surface area contributed by atoms with Crippen LogP contribution in [0.1, 0.15) is 29.5 Å². The summed E-state index contributed by atoms with van der Waals surface area (Å²) in [6, 6.07) is 9.82. The van der Waals surface area contributed by atoms with Crippen molar-refractivity contribution in [3.05, 3.63) is 63.2 Å². The smallest absolute Gasteiger partial charge is 0.274 e. The quantitative estimate of drug-likeness (QED) is 0.431. The molecule has 4 heterocycles. The van der Waals surface area contributed by atoms with Gasteiger partial charge in [0.1, 0.15) is 5.54 Å². The molecule has 2 aromatic rings. The summed E-state index contributed by atoms with van der Waals surface area (Å²) in [4.78, 5) is 55.6. The second kappa shape index (κ2) is 6.48. The predicted octanol–water partition coefficient (Wildman–Crippen LogP) is 2.64. The number of nitro benzene ring substituents is 1. The minimum Gasteiger partial charge on any atom is -0.324 e. The molecule has 0 saturated carbocycles. The number of nitrogens with one attached hydrogen (secondary N) is 1. The Morgan fingerprint density at radius 3 is 2.61 bits per heavy atom.